The normalized spacial score (nSPS) is 18.5. The van der Waals surface area contributed by atoms with Gasteiger partial charge in [0.25, 0.3) is 5.69 Å². The number of rotatable bonds is 5. The van der Waals surface area contributed by atoms with Gasteiger partial charge in [-0.1, -0.05) is 6.07 Å². The molecule has 0 spiro atoms. The molecule has 4 rings (SSSR count). The maximum absolute atomic E-state index is 13.5. The lowest BCUT2D eigenvalue weighted by Crippen LogP contribution is -2.41. The van der Waals surface area contributed by atoms with Crippen molar-refractivity contribution in [2.45, 2.75) is 38.5 Å². The van der Waals surface area contributed by atoms with Gasteiger partial charge >= 0.3 is 0 Å². The molecule has 0 fully saturated rings. The van der Waals surface area contributed by atoms with Crippen LogP contribution < -0.4 is 14.4 Å². The molecule has 32 heavy (non-hydrogen) atoms. The molecule has 0 saturated heterocycles. The minimum atomic E-state index is -0.484. The standard InChI is InChI=1S/C24H24N2O6/c1-14-7-8-15(26(29)30)11-20(14)25-19-5-4-6-21(27)24(19)18(13-23(25)28)17-12-16(31-2)9-10-22(17)32-3/h7-12,18H,4-6,13H2,1-3H3. The number of hydrogen-bond donors (Lipinski definition) is 0. The fourth-order valence-electron chi connectivity index (χ4n) is 4.60. The second-order valence-electron chi connectivity index (χ2n) is 7.96. The number of amides is 1. The number of nitro groups is 1. The summed E-state index contributed by atoms with van der Waals surface area (Å²) >= 11 is 0. The fourth-order valence-corrected chi connectivity index (χ4v) is 4.60. The minimum absolute atomic E-state index is 0.0123. The van der Waals surface area contributed by atoms with E-state index in [4.69, 9.17) is 9.47 Å². The van der Waals surface area contributed by atoms with Crippen LogP contribution >= 0.6 is 0 Å². The Morgan fingerprint density at radius 3 is 2.53 bits per heavy atom. The van der Waals surface area contributed by atoms with Gasteiger partial charge in [-0.2, -0.15) is 0 Å². The fraction of sp³-hybridized carbons (Fsp3) is 0.333. The molecule has 0 N–H and O–H groups in total. The molecule has 1 atom stereocenters. The number of carbonyl (C=O) groups is 2. The van der Waals surface area contributed by atoms with Crippen molar-refractivity contribution in [3.8, 4) is 11.5 Å². The van der Waals surface area contributed by atoms with Gasteiger partial charge in [0.1, 0.15) is 11.5 Å². The average Bonchev–Trinajstić information content (AvgIpc) is 2.78. The number of ether oxygens (including phenoxy) is 2. The van der Waals surface area contributed by atoms with Crippen molar-refractivity contribution in [2.24, 2.45) is 0 Å². The molecule has 0 saturated carbocycles. The van der Waals surface area contributed by atoms with Gasteiger partial charge in [0.15, 0.2) is 5.78 Å². The van der Waals surface area contributed by atoms with E-state index in [0.717, 1.165) is 11.1 Å². The highest BCUT2D eigenvalue weighted by atomic mass is 16.6. The number of allylic oxidation sites excluding steroid dienone is 2. The molecule has 1 aliphatic heterocycles. The lowest BCUT2D eigenvalue weighted by atomic mass is 9.76. The summed E-state index contributed by atoms with van der Waals surface area (Å²) in [5, 5.41) is 11.3. The number of aryl methyl sites for hydroxylation is 1. The zero-order chi connectivity index (χ0) is 23.0. The Hall–Kier alpha value is -3.68. The number of hydrogen-bond acceptors (Lipinski definition) is 6. The van der Waals surface area contributed by atoms with Crippen LogP contribution in [0.4, 0.5) is 11.4 Å². The van der Waals surface area contributed by atoms with Crippen LogP contribution in [-0.2, 0) is 9.59 Å². The molecule has 2 aliphatic rings. The van der Waals surface area contributed by atoms with Crippen LogP contribution in [0.15, 0.2) is 47.7 Å². The van der Waals surface area contributed by atoms with Crippen LogP contribution in [0.25, 0.3) is 0 Å². The van der Waals surface area contributed by atoms with Gasteiger partial charge in [-0.15, -0.1) is 0 Å². The van der Waals surface area contributed by atoms with E-state index in [1.54, 1.807) is 45.4 Å². The SMILES string of the molecule is COc1ccc(OC)c(C2CC(=O)N(c3cc([N+](=O)[O-])ccc3C)C3=C2C(=O)CCC3)c1. The van der Waals surface area contributed by atoms with Crippen LogP contribution in [0.2, 0.25) is 0 Å². The Morgan fingerprint density at radius 2 is 1.84 bits per heavy atom. The number of Topliss-reactive ketones (excluding diaryl/α,β-unsaturated/α-hetero) is 1. The molecule has 8 nitrogen and oxygen atoms in total. The number of carbonyl (C=O) groups excluding carboxylic acids is 2. The van der Waals surface area contributed by atoms with E-state index >= 15 is 0 Å². The maximum atomic E-state index is 13.5. The van der Waals surface area contributed by atoms with Crippen LogP contribution in [0.3, 0.4) is 0 Å². The van der Waals surface area contributed by atoms with Crippen molar-refractivity contribution < 1.29 is 24.0 Å². The van der Waals surface area contributed by atoms with Crippen molar-refractivity contribution in [3.63, 3.8) is 0 Å². The van der Waals surface area contributed by atoms with Gasteiger partial charge in [0.05, 0.1) is 24.8 Å². The number of anilines is 1. The predicted octanol–water partition coefficient (Wildman–Crippen LogP) is 4.45. The number of methoxy groups -OCH3 is 2. The van der Waals surface area contributed by atoms with Gasteiger partial charge < -0.3 is 9.47 Å². The molecule has 1 unspecified atom stereocenters. The zero-order valence-electron chi connectivity index (χ0n) is 18.2. The largest absolute Gasteiger partial charge is 0.497 e. The number of nitro benzene ring substituents is 1. The molecule has 8 heteroatoms. The summed E-state index contributed by atoms with van der Waals surface area (Å²) < 4.78 is 10.9. The summed E-state index contributed by atoms with van der Waals surface area (Å²) in [5.41, 5.74) is 3.00. The molecule has 1 amide bonds. The van der Waals surface area contributed by atoms with Gasteiger partial charge in [-0.25, -0.2) is 0 Å². The summed E-state index contributed by atoms with van der Waals surface area (Å²) in [6.07, 6.45) is 1.61. The number of non-ortho nitro benzene ring substituents is 1. The Morgan fingerprint density at radius 1 is 1.06 bits per heavy atom. The van der Waals surface area contributed by atoms with Crippen molar-refractivity contribution in [1.29, 1.82) is 0 Å². The van der Waals surface area contributed by atoms with Gasteiger partial charge in [-0.05, 0) is 43.5 Å². The molecule has 0 bridgehead atoms. The van der Waals surface area contributed by atoms with Crippen LogP contribution in [0.5, 0.6) is 11.5 Å². The molecule has 0 aromatic heterocycles. The summed E-state index contributed by atoms with van der Waals surface area (Å²) in [4.78, 5) is 39.0. The van der Waals surface area contributed by atoms with Crippen molar-refractivity contribution in [1.82, 2.24) is 0 Å². The van der Waals surface area contributed by atoms with Gasteiger partial charge in [0.2, 0.25) is 5.91 Å². The minimum Gasteiger partial charge on any atom is -0.497 e. The van der Waals surface area contributed by atoms with Crippen molar-refractivity contribution >= 4 is 23.1 Å². The van der Waals surface area contributed by atoms with Gasteiger partial charge in [0, 0.05) is 47.7 Å². The van der Waals surface area contributed by atoms with Crippen LogP contribution in [0.1, 0.15) is 42.7 Å². The maximum Gasteiger partial charge on any atom is 0.271 e. The Kier molecular flexibility index (Phi) is 5.69. The molecule has 1 aliphatic carbocycles. The van der Waals surface area contributed by atoms with Gasteiger partial charge in [-0.3, -0.25) is 24.6 Å². The van der Waals surface area contributed by atoms with Crippen LogP contribution in [-0.4, -0.2) is 30.8 Å². The monoisotopic (exact) mass is 436 g/mol. The Bertz CT molecular complexity index is 1150. The molecule has 2 aromatic rings. The van der Waals surface area contributed by atoms with E-state index in [9.17, 15) is 19.7 Å². The quantitative estimate of drug-likeness (QED) is 0.507. The third-order valence-corrected chi connectivity index (χ3v) is 6.13. The van der Waals surface area contributed by atoms with E-state index in [-0.39, 0.29) is 23.8 Å². The summed E-state index contributed by atoms with van der Waals surface area (Å²) in [7, 11) is 3.10. The number of ketones is 1. The number of nitrogens with zero attached hydrogens (tertiary/aromatic N) is 2. The third-order valence-electron chi connectivity index (χ3n) is 6.13. The van der Waals surface area contributed by atoms with E-state index in [1.807, 2.05) is 0 Å². The lowest BCUT2D eigenvalue weighted by molar-refractivity contribution is -0.384. The highest BCUT2D eigenvalue weighted by Gasteiger charge is 2.41. The molecule has 1 heterocycles. The highest BCUT2D eigenvalue weighted by Crippen LogP contribution is 2.47. The van der Waals surface area contributed by atoms with Crippen molar-refractivity contribution in [3.05, 3.63) is 68.9 Å². The first-order chi connectivity index (χ1) is 15.3. The van der Waals surface area contributed by atoms with E-state index in [2.05, 4.69) is 0 Å². The summed E-state index contributed by atoms with van der Waals surface area (Å²) in [5.74, 6) is 0.494. The summed E-state index contributed by atoms with van der Waals surface area (Å²) in [6, 6.07) is 9.79. The van der Waals surface area contributed by atoms with Crippen molar-refractivity contribution in [2.75, 3.05) is 19.1 Å². The van der Waals surface area contributed by atoms with E-state index in [1.165, 1.54) is 17.0 Å². The highest BCUT2D eigenvalue weighted by molar-refractivity contribution is 6.08. The average molecular weight is 436 g/mol. The topological polar surface area (TPSA) is 99.0 Å². The Labute approximate surface area is 185 Å². The Balaban J connectivity index is 1.92. The molecule has 166 valence electrons. The lowest BCUT2D eigenvalue weighted by Gasteiger charge is -2.39. The number of benzene rings is 2. The summed E-state index contributed by atoms with van der Waals surface area (Å²) in [6.45, 7) is 1.80. The third kappa shape index (κ3) is 3.62. The molecule has 0 radical (unpaired) electrons. The second-order valence-corrected chi connectivity index (χ2v) is 7.96. The van der Waals surface area contributed by atoms with E-state index in [0.29, 0.717) is 47.7 Å². The predicted molar refractivity (Wildman–Crippen MR) is 118 cm³/mol. The van der Waals surface area contributed by atoms with Crippen LogP contribution in [0, 0.1) is 17.0 Å². The first-order valence-electron chi connectivity index (χ1n) is 10.4. The second kappa shape index (κ2) is 8.45. The molecular formula is C24H24N2O6. The first-order valence-corrected chi connectivity index (χ1v) is 10.4. The smallest absolute Gasteiger partial charge is 0.271 e. The first kappa shape index (κ1) is 21.5. The molecule has 2 aromatic carbocycles. The molecular weight excluding hydrogens is 412 g/mol. The zero-order valence-corrected chi connectivity index (χ0v) is 18.2. The van der Waals surface area contributed by atoms with E-state index < -0.39 is 10.8 Å².